The number of rotatable bonds is 3. The van der Waals surface area contributed by atoms with Gasteiger partial charge in [-0.3, -0.25) is 9.48 Å². The van der Waals surface area contributed by atoms with E-state index in [0.29, 0.717) is 6.04 Å². The zero-order chi connectivity index (χ0) is 22.3. The van der Waals surface area contributed by atoms with E-state index >= 15 is 0 Å². The molecule has 4 rings (SSSR count). The van der Waals surface area contributed by atoms with Crippen molar-refractivity contribution < 1.29 is 4.79 Å². The Balaban J connectivity index is 1.57. The molecule has 0 saturated carbocycles. The predicted molar refractivity (Wildman–Crippen MR) is 126 cm³/mol. The number of likely N-dealkylation sites (N-methyl/N-ethyl adjacent to an activating group) is 1. The predicted octanol–water partition coefficient (Wildman–Crippen LogP) is 3.55. The lowest BCUT2D eigenvalue weighted by Gasteiger charge is -2.41. The highest BCUT2D eigenvalue weighted by atomic mass is 16.2. The number of fused-ring (bicyclic) bond motifs is 1. The first kappa shape index (κ1) is 21.4. The molecular formula is C25H33N5O. The average Bonchev–Trinajstić information content (AvgIpc) is 3.11. The lowest BCUT2D eigenvalue weighted by atomic mass is 10.0. The van der Waals surface area contributed by atoms with E-state index in [2.05, 4.69) is 67.0 Å². The van der Waals surface area contributed by atoms with Gasteiger partial charge in [-0.15, -0.1) is 0 Å². The molecule has 2 aliphatic rings. The van der Waals surface area contributed by atoms with Gasteiger partial charge in [-0.25, -0.2) is 0 Å². The highest BCUT2D eigenvalue weighted by Crippen LogP contribution is 2.25. The van der Waals surface area contributed by atoms with Crippen molar-refractivity contribution in [2.75, 3.05) is 26.7 Å². The topological polar surface area (TPSA) is 44.6 Å². The van der Waals surface area contributed by atoms with Gasteiger partial charge >= 0.3 is 0 Å². The van der Waals surface area contributed by atoms with Gasteiger partial charge in [0.2, 0.25) is 0 Å². The van der Waals surface area contributed by atoms with Crippen molar-refractivity contribution >= 4 is 22.4 Å². The number of benzene rings is 1. The normalized spacial score (nSPS) is 22.9. The fourth-order valence-corrected chi connectivity index (χ4v) is 4.37. The van der Waals surface area contributed by atoms with E-state index in [0.717, 1.165) is 52.9 Å². The van der Waals surface area contributed by atoms with Crippen LogP contribution in [0.4, 0.5) is 0 Å². The number of aromatic nitrogens is 2. The second-order valence-corrected chi connectivity index (χ2v) is 9.04. The SMILES string of the molecule is C/C(=C\C(=O)N1C=C(N2CCN(C)[C@@H](C)C2)C=CC1C)c1cc(C)c2nn(C)cc2c1. The van der Waals surface area contributed by atoms with Gasteiger partial charge < -0.3 is 14.7 Å². The van der Waals surface area contributed by atoms with E-state index in [9.17, 15) is 4.79 Å². The third-order valence-electron chi connectivity index (χ3n) is 6.54. The lowest BCUT2D eigenvalue weighted by Crippen LogP contribution is -2.50. The van der Waals surface area contributed by atoms with Crippen molar-refractivity contribution in [1.82, 2.24) is 24.5 Å². The Labute approximate surface area is 185 Å². The molecule has 0 radical (unpaired) electrons. The average molecular weight is 420 g/mol. The van der Waals surface area contributed by atoms with Crippen LogP contribution in [0, 0.1) is 6.92 Å². The van der Waals surface area contributed by atoms with Crippen LogP contribution in [0.3, 0.4) is 0 Å². The molecule has 0 aliphatic carbocycles. The number of nitrogens with zero attached hydrogens (tertiary/aromatic N) is 5. The Bertz CT molecular complexity index is 1090. The van der Waals surface area contributed by atoms with Crippen molar-refractivity contribution in [1.29, 1.82) is 0 Å². The van der Waals surface area contributed by atoms with Crippen molar-refractivity contribution in [2.45, 2.75) is 39.8 Å². The molecule has 0 bridgehead atoms. The number of amides is 1. The number of hydrogen-bond acceptors (Lipinski definition) is 4. The van der Waals surface area contributed by atoms with E-state index in [4.69, 9.17) is 0 Å². The Kier molecular flexibility index (Phi) is 5.75. The number of carbonyl (C=O) groups excluding carboxylic acids is 1. The highest BCUT2D eigenvalue weighted by molar-refractivity contribution is 5.97. The summed E-state index contributed by atoms with van der Waals surface area (Å²) in [7, 11) is 4.10. The molecule has 6 nitrogen and oxygen atoms in total. The number of carbonyl (C=O) groups is 1. The number of hydrogen-bond donors (Lipinski definition) is 0. The van der Waals surface area contributed by atoms with Gasteiger partial charge in [-0.05, 0) is 69.7 Å². The smallest absolute Gasteiger partial charge is 0.251 e. The molecule has 1 unspecified atom stereocenters. The summed E-state index contributed by atoms with van der Waals surface area (Å²) in [5.74, 6) is 0.0120. The molecule has 31 heavy (non-hydrogen) atoms. The maximum absolute atomic E-state index is 13.2. The number of piperazine rings is 1. The zero-order valence-electron chi connectivity index (χ0n) is 19.5. The van der Waals surface area contributed by atoms with Gasteiger partial charge in [0, 0.05) is 56.6 Å². The molecule has 1 fully saturated rings. The van der Waals surface area contributed by atoms with Crippen LogP contribution in [0.2, 0.25) is 0 Å². The third-order valence-corrected chi connectivity index (χ3v) is 6.54. The van der Waals surface area contributed by atoms with Gasteiger partial charge in [0.05, 0.1) is 17.3 Å². The molecule has 2 aliphatic heterocycles. The molecule has 2 aromatic rings. The maximum atomic E-state index is 13.2. The number of aryl methyl sites for hydroxylation is 2. The van der Waals surface area contributed by atoms with Crippen LogP contribution < -0.4 is 0 Å². The second-order valence-electron chi connectivity index (χ2n) is 9.04. The van der Waals surface area contributed by atoms with Crippen LogP contribution in [-0.2, 0) is 11.8 Å². The summed E-state index contributed by atoms with van der Waals surface area (Å²) in [4.78, 5) is 19.8. The van der Waals surface area contributed by atoms with E-state index in [1.165, 1.54) is 0 Å². The van der Waals surface area contributed by atoms with Crippen LogP contribution in [-0.4, -0.2) is 69.2 Å². The molecule has 0 spiro atoms. The highest BCUT2D eigenvalue weighted by Gasteiger charge is 2.25. The molecule has 1 aromatic heterocycles. The maximum Gasteiger partial charge on any atom is 0.251 e. The molecule has 164 valence electrons. The minimum Gasteiger partial charge on any atom is -0.368 e. The number of allylic oxidation sites excluding steroid dienone is 2. The summed E-state index contributed by atoms with van der Waals surface area (Å²) in [6, 6.07) is 4.76. The third kappa shape index (κ3) is 4.30. The summed E-state index contributed by atoms with van der Waals surface area (Å²) in [6.07, 6.45) is 10.1. The Morgan fingerprint density at radius 1 is 1.19 bits per heavy atom. The molecule has 1 aromatic carbocycles. The second kappa shape index (κ2) is 8.35. The standard InChI is InChI=1S/C25H33N5O/c1-17(21-11-18(2)25-22(13-21)15-28(6)26-25)12-24(31)30-16-23(8-7-19(30)3)29-10-9-27(5)20(4)14-29/h7-8,11-13,15-16,19-20H,9-10,14H2,1-6H3/b17-12+/t19?,20-/m0/s1. The Morgan fingerprint density at radius 3 is 2.71 bits per heavy atom. The largest absolute Gasteiger partial charge is 0.368 e. The minimum absolute atomic E-state index is 0.0120. The molecule has 6 heteroatoms. The van der Waals surface area contributed by atoms with Crippen LogP contribution in [0.1, 0.15) is 31.9 Å². The summed E-state index contributed by atoms with van der Waals surface area (Å²) in [5, 5.41) is 5.61. The van der Waals surface area contributed by atoms with Crippen molar-refractivity contribution in [3.63, 3.8) is 0 Å². The summed E-state index contributed by atoms with van der Waals surface area (Å²) >= 11 is 0. The Morgan fingerprint density at radius 2 is 1.97 bits per heavy atom. The molecular weight excluding hydrogens is 386 g/mol. The molecule has 1 saturated heterocycles. The van der Waals surface area contributed by atoms with Crippen LogP contribution in [0.15, 0.2) is 48.5 Å². The van der Waals surface area contributed by atoms with E-state index in [1.54, 1.807) is 6.08 Å². The molecule has 2 atom stereocenters. The van der Waals surface area contributed by atoms with E-state index in [-0.39, 0.29) is 11.9 Å². The monoisotopic (exact) mass is 419 g/mol. The Hall–Kier alpha value is -2.86. The van der Waals surface area contributed by atoms with Gasteiger partial charge in [-0.1, -0.05) is 6.08 Å². The van der Waals surface area contributed by atoms with Crippen molar-refractivity contribution in [3.05, 3.63) is 59.6 Å². The summed E-state index contributed by atoms with van der Waals surface area (Å²) < 4.78 is 1.83. The first-order valence-corrected chi connectivity index (χ1v) is 11.0. The van der Waals surface area contributed by atoms with Gasteiger partial charge in [0.15, 0.2) is 0 Å². The molecule has 1 amide bonds. The summed E-state index contributed by atoms with van der Waals surface area (Å²) in [6.45, 7) is 11.4. The van der Waals surface area contributed by atoms with Gasteiger partial charge in [0.1, 0.15) is 0 Å². The van der Waals surface area contributed by atoms with Crippen LogP contribution in [0.25, 0.3) is 16.5 Å². The van der Waals surface area contributed by atoms with Crippen LogP contribution >= 0.6 is 0 Å². The molecule has 0 N–H and O–H groups in total. The molecule has 3 heterocycles. The van der Waals surface area contributed by atoms with E-state index < -0.39 is 0 Å². The van der Waals surface area contributed by atoms with Gasteiger partial charge in [-0.2, -0.15) is 5.10 Å². The van der Waals surface area contributed by atoms with E-state index in [1.807, 2.05) is 35.9 Å². The fourth-order valence-electron chi connectivity index (χ4n) is 4.37. The zero-order valence-corrected chi connectivity index (χ0v) is 19.5. The van der Waals surface area contributed by atoms with Gasteiger partial charge in [0.25, 0.3) is 5.91 Å². The quantitative estimate of drug-likeness (QED) is 0.714. The van der Waals surface area contributed by atoms with Crippen molar-refractivity contribution in [2.24, 2.45) is 7.05 Å². The fraction of sp³-hybridized carbons (Fsp3) is 0.440. The first-order valence-electron chi connectivity index (χ1n) is 11.0. The van der Waals surface area contributed by atoms with Crippen molar-refractivity contribution in [3.8, 4) is 0 Å². The first-order chi connectivity index (χ1) is 14.7. The summed E-state index contributed by atoms with van der Waals surface area (Å²) in [5.41, 5.74) is 5.26. The van der Waals surface area contributed by atoms with Crippen LogP contribution in [0.5, 0.6) is 0 Å². The lowest BCUT2D eigenvalue weighted by molar-refractivity contribution is -0.124. The minimum atomic E-state index is 0.0120.